The largest absolute Gasteiger partial charge is 0.399 e. The van der Waals surface area contributed by atoms with E-state index in [9.17, 15) is 13.2 Å². The van der Waals surface area contributed by atoms with Crippen molar-refractivity contribution in [3.05, 3.63) is 48.2 Å². The van der Waals surface area contributed by atoms with Crippen LogP contribution in [0.25, 0.3) is 21.0 Å². The van der Waals surface area contributed by atoms with Crippen LogP contribution in [-0.4, -0.2) is 31.4 Å². The SMILES string of the molecule is Cc1cc(-c2ncc(-c3ccc(N4CCCC4=O)cc3S(=O)(=O)NC(C)(C)C)s2)ccc1N. The molecule has 0 saturated carbocycles. The Kier molecular flexibility index (Phi) is 6.07. The van der Waals surface area contributed by atoms with Crippen LogP contribution in [0.3, 0.4) is 0 Å². The highest BCUT2D eigenvalue weighted by atomic mass is 32.2. The van der Waals surface area contributed by atoms with E-state index in [0.717, 1.165) is 27.4 Å². The number of thiazole rings is 1. The van der Waals surface area contributed by atoms with Crippen molar-refractivity contribution in [1.82, 2.24) is 9.71 Å². The number of carbonyl (C=O) groups is 1. The molecule has 3 aromatic rings. The molecule has 1 fully saturated rings. The summed E-state index contributed by atoms with van der Waals surface area (Å²) in [4.78, 5) is 19.3. The first-order chi connectivity index (χ1) is 15.4. The van der Waals surface area contributed by atoms with Gasteiger partial charge in [-0.2, -0.15) is 0 Å². The fourth-order valence-electron chi connectivity index (χ4n) is 3.82. The number of nitrogens with zero attached hydrogens (tertiary/aromatic N) is 2. The number of benzene rings is 2. The molecule has 0 aliphatic carbocycles. The highest BCUT2D eigenvalue weighted by molar-refractivity contribution is 7.89. The number of amides is 1. The van der Waals surface area contributed by atoms with E-state index in [-0.39, 0.29) is 10.8 Å². The minimum absolute atomic E-state index is 0.00803. The zero-order valence-electron chi connectivity index (χ0n) is 19.2. The number of nitrogens with one attached hydrogen (secondary N) is 1. The molecule has 174 valence electrons. The third kappa shape index (κ3) is 4.95. The summed E-state index contributed by atoms with van der Waals surface area (Å²) in [6.45, 7) is 7.92. The number of nitrogen functional groups attached to an aromatic ring is 1. The van der Waals surface area contributed by atoms with Gasteiger partial charge in [-0.05, 0) is 70.0 Å². The molecule has 1 aliphatic heterocycles. The smallest absolute Gasteiger partial charge is 0.241 e. The van der Waals surface area contributed by atoms with Gasteiger partial charge in [-0.25, -0.2) is 18.1 Å². The van der Waals surface area contributed by atoms with Crippen LogP contribution in [0.4, 0.5) is 11.4 Å². The Morgan fingerprint density at radius 1 is 1.15 bits per heavy atom. The molecule has 9 heteroatoms. The normalized spacial score (nSPS) is 14.8. The van der Waals surface area contributed by atoms with E-state index < -0.39 is 15.6 Å². The molecule has 3 N–H and O–H groups in total. The van der Waals surface area contributed by atoms with E-state index in [2.05, 4.69) is 9.71 Å². The van der Waals surface area contributed by atoms with E-state index in [1.807, 2.05) is 25.1 Å². The third-order valence-electron chi connectivity index (χ3n) is 5.37. The molecule has 0 unspecified atom stereocenters. The Morgan fingerprint density at radius 2 is 1.91 bits per heavy atom. The van der Waals surface area contributed by atoms with Crippen molar-refractivity contribution in [2.75, 3.05) is 17.2 Å². The average molecular weight is 485 g/mol. The highest BCUT2D eigenvalue weighted by Crippen LogP contribution is 2.38. The number of aromatic nitrogens is 1. The lowest BCUT2D eigenvalue weighted by Crippen LogP contribution is -2.40. The van der Waals surface area contributed by atoms with Gasteiger partial charge in [0.05, 0.1) is 9.77 Å². The van der Waals surface area contributed by atoms with Gasteiger partial charge in [0.15, 0.2) is 0 Å². The summed E-state index contributed by atoms with van der Waals surface area (Å²) in [5.41, 5.74) is 9.02. The lowest BCUT2D eigenvalue weighted by molar-refractivity contribution is -0.117. The van der Waals surface area contributed by atoms with E-state index >= 15 is 0 Å². The van der Waals surface area contributed by atoms with Gasteiger partial charge >= 0.3 is 0 Å². The van der Waals surface area contributed by atoms with Crippen molar-refractivity contribution in [2.45, 2.75) is 51.0 Å². The molecule has 0 radical (unpaired) electrons. The lowest BCUT2D eigenvalue weighted by Gasteiger charge is -2.23. The molecule has 4 rings (SSSR count). The van der Waals surface area contributed by atoms with Crippen molar-refractivity contribution in [2.24, 2.45) is 0 Å². The molecule has 0 bridgehead atoms. The Balaban J connectivity index is 1.81. The highest BCUT2D eigenvalue weighted by Gasteiger charge is 2.29. The predicted octanol–water partition coefficient (Wildman–Crippen LogP) is 4.57. The Labute approximate surface area is 198 Å². The molecule has 0 spiro atoms. The second-order valence-corrected chi connectivity index (χ2v) is 12.0. The topological polar surface area (TPSA) is 105 Å². The first kappa shape index (κ1) is 23.4. The molecule has 2 aromatic carbocycles. The quantitative estimate of drug-likeness (QED) is 0.516. The van der Waals surface area contributed by atoms with Crippen molar-refractivity contribution >= 4 is 38.6 Å². The minimum Gasteiger partial charge on any atom is -0.399 e. The molecular formula is C24H28N4O3S2. The number of carbonyl (C=O) groups excluding carboxylic acids is 1. The van der Waals surface area contributed by atoms with Crippen molar-refractivity contribution < 1.29 is 13.2 Å². The first-order valence-electron chi connectivity index (χ1n) is 10.8. The molecular weight excluding hydrogens is 456 g/mol. The number of hydrogen-bond donors (Lipinski definition) is 2. The van der Waals surface area contributed by atoms with Crippen LogP contribution in [0.1, 0.15) is 39.2 Å². The Hall–Kier alpha value is -2.75. The summed E-state index contributed by atoms with van der Waals surface area (Å²) in [6, 6.07) is 10.9. The van der Waals surface area contributed by atoms with Gasteiger partial charge in [-0.15, -0.1) is 11.3 Å². The van der Waals surface area contributed by atoms with Gasteiger partial charge < -0.3 is 10.6 Å². The Bertz CT molecular complexity index is 1320. The van der Waals surface area contributed by atoms with Crippen LogP contribution in [0.5, 0.6) is 0 Å². The van der Waals surface area contributed by atoms with Gasteiger partial charge in [-0.3, -0.25) is 4.79 Å². The summed E-state index contributed by atoms with van der Waals surface area (Å²) in [7, 11) is -3.86. The Morgan fingerprint density at radius 3 is 2.55 bits per heavy atom. The van der Waals surface area contributed by atoms with Crippen LogP contribution < -0.4 is 15.4 Å². The van der Waals surface area contributed by atoms with Gasteiger partial charge in [0.1, 0.15) is 5.01 Å². The van der Waals surface area contributed by atoms with Crippen molar-refractivity contribution in [3.8, 4) is 21.0 Å². The van der Waals surface area contributed by atoms with Gasteiger partial charge in [0.25, 0.3) is 0 Å². The number of anilines is 2. The van der Waals surface area contributed by atoms with E-state index in [4.69, 9.17) is 5.73 Å². The maximum atomic E-state index is 13.4. The second kappa shape index (κ2) is 8.55. The standard InChI is InChI=1S/C24H28N4O3S2/c1-15-12-16(7-10-19(15)25)23-26-14-20(32-23)18-9-8-17(28-11-5-6-22(28)29)13-21(18)33(30,31)27-24(2,3)4/h7-10,12-14,27H,5-6,11,25H2,1-4H3. The number of aryl methyl sites for hydroxylation is 1. The fourth-order valence-corrected chi connectivity index (χ4v) is 6.50. The molecule has 1 saturated heterocycles. The molecule has 33 heavy (non-hydrogen) atoms. The van der Waals surface area contributed by atoms with Gasteiger partial charge in [0, 0.05) is 47.2 Å². The molecule has 0 atom stereocenters. The maximum absolute atomic E-state index is 13.4. The van der Waals surface area contributed by atoms with Crippen molar-refractivity contribution in [1.29, 1.82) is 0 Å². The molecule has 7 nitrogen and oxygen atoms in total. The zero-order chi connectivity index (χ0) is 24.0. The number of sulfonamides is 1. The van der Waals surface area contributed by atoms with Gasteiger partial charge in [0.2, 0.25) is 15.9 Å². The van der Waals surface area contributed by atoms with Crippen LogP contribution in [-0.2, 0) is 14.8 Å². The predicted molar refractivity (Wildman–Crippen MR) is 134 cm³/mol. The van der Waals surface area contributed by atoms with Crippen LogP contribution in [0, 0.1) is 6.92 Å². The lowest BCUT2D eigenvalue weighted by atomic mass is 10.1. The number of nitrogens with two attached hydrogens (primary N) is 1. The molecule has 2 heterocycles. The van der Waals surface area contributed by atoms with Gasteiger partial charge in [-0.1, -0.05) is 6.07 Å². The molecule has 1 aromatic heterocycles. The summed E-state index contributed by atoms with van der Waals surface area (Å²) < 4.78 is 29.6. The third-order valence-corrected chi connectivity index (χ3v) is 8.25. The van der Waals surface area contributed by atoms with E-state index in [1.54, 1.807) is 50.1 Å². The maximum Gasteiger partial charge on any atom is 0.241 e. The molecule has 1 aliphatic rings. The summed E-state index contributed by atoms with van der Waals surface area (Å²) in [5, 5.41) is 0.777. The van der Waals surface area contributed by atoms with Crippen LogP contribution >= 0.6 is 11.3 Å². The number of hydrogen-bond acceptors (Lipinski definition) is 6. The summed E-state index contributed by atoms with van der Waals surface area (Å²) in [6.07, 6.45) is 2.93. The van der Waals surface area contributed by atoms with Crippen LogP contribution in [0.15, 0.2) is 47.5 Å². The first-order valence-corrected chi connectivity index (χ1v) is 13.1. The molecule has 1 amide bonds. The minimum atomic E-state index is -3.86. The summed E-state index contributed by atoms with van der Waals surface area (Å²) >= 11 is 1.42. The second-order valence-electron chi connectivity index (χ2n) is 9.29. The number of rotatable bonds is 5. The van der Waals surface area contributed by atoms with Crippen LogP contribution in [0.2, 0.25) is 0 Å². The summed E-state index contributed by atoms with van der Waals surface area (Å²) in [5.74, 6) is 0.00803. The van der Waals surface area contributed by atoms with E-state index in [1.165, 1.54) is 11.3 Å². The van der Waals surface area contributed by atoms with Crippen molar-refractivity contribution in [3.63, 3.8) is 0 Å². The fraction of sp³-hybridized carbons (Fsp3) is 0.333. The zero-order valence-corrected chi connectivity index (χ0v) is 20.8. The average Bonchev–Trinajstić information content (AvgIpc) is 3.37. The van der Waals surface area contributed by atoms with E-state index in [0.29, 0.717) is 29.9 Å². The monoisotopic (exact) mass is 484 g/mol.